The predicted molar refractivity (Wildman–Crippen MR) is 57.1 cm³/mol. The molecule has 2 nitrogen and oxygen atoms in total. The van der Waals surface area contributed by atoms with Crippen molar-refractivity contribution in [3.63, 3.8) is 0 Å². The van der Waals surface area contributed by atoms with Crippen LogP contribution in [0, 0.1) is 13.8 Å². The van der Waals surface area contributed by atoms with Gasteiger partial charge in [0.1, 0.15) is 11.5 Å². The molecule has 0 N–H and O–H groups in total. The highest BCUT2D eigenvalue weighted by atomic mass is 16.5. The summed E-state index contributed by atoms with van der Waals surface area (Å²) in [6, 6.07) is 0. The molecule has 72 valence electrons. The Bertz CT molecular complexity index is 444. The van der Waals surface area contributed by atoms with Gasteiger partial charge < -0.3 is 4.74 Å². The molecule has 1 aliphatic heterocycles. The van der Waals surface area contributed by atoms with E-state index in [2.05, 4.69) is 18.5 Å². The lowest BCUT2D eigenvalue weighted by Crippen LogP contribution is -2.05. The third-order valence-corrected chi connectivity index (χ3v) is 2.40. The van der Waals surface area contributed by atoms with E-state index in [1.54, 1.807) is 0 Å². The standard InChI is InChI=1S/C12H13NO/c1-7-5-9(3)14-12-8(2)6-13-10(4)11(7)12/h5-6H,3H2,1-2,4H3. The van der Waals surface area contributed by atoms with E-state index in [0.29, 0.717) is 5.76 Å². The summed E-state index contributed by atoms with van der Waals surface area (Å²) in [5, 5.41) is 0. The Morgan fingerprint density at radius 3 is 2.71 bits per heavy atom. The summed E-state index contributed by atoms with van der Waals surface area (Å²) in [4.78, 5) is 4.32. The van der Waals surface area contributed by atoms with Crippen LogP contribution in [0.3, 0.4) is 0 Å². The fraction of sp³-hybridized carbons (Fsp3) is 0.250. The van der Waals surface area contributed by atoms with Gasteiger partial charge in [-0.2, -0.15) is 0 Å². The maximum atomic E-state index is 5.60. The first-order valence-corrected chi connectivity index (χ1v) is 4.61. The van der Waals surface area contributed by atoms with Crippen molar-refractivity contribution in [3.8, 4) is 5.75 Å². The SMILES string of the molecule is C=C1C=C(C)c2c(C)ncc(C)c2O1. The van der Waals surface area contributed by atoms with E-state index in [1.165, 1.54) is 5.57 Å². The summed E-state index contributed by atoms with van der Waals surface area (Å²) in [7, 11) is 0. The highest BCUT2D eigenvalue weighted by Gasteiger charge is 2.17. The molecule has 0 saturated carbocycles. The van der Waals surface area contributed by atoms with E-state index in [0.717, 1.165) is 22.6 Å². The zero-order valence-electron chi connectivity index (χ0n) is 8.72. The van der Waals surface area contributed by atoms with E-state index in [4.69, 9.17) is 4.74 Å². The van der Waals surface area contributed by atoms with Gasteiger partial charge in [-0.3, -0.25) is 4.98 Å². The van der Waals surface area contributed by atoms with Gasteiger partial charge in [0.25, 0.3) is 0 Å². The fourth-order valence-corrected chi connectivity index (χ4v) is 1.75. The highest BCUT2D eigenvalue weighted by Crippen LogP contribution is 2.36. The number of pyridine rings is 1. The van der Waals surface area contributed by atoms with Crippen molar-refractivity contribution in [1.29, 1.82) is 0 Å². The lowest BCUT2D eigenvalue weighted by atomic mass is 10.00. The average Bonchev–Trinajstić information content (AvgIpc) is 2.10. The Balaban J connectivity index is 2.73. The third-order valence-electron chi connectivity index (χ3n) is 2.40. The number of hydrogen-bond donors (Lipinski definition) is 0. The van der Waals surface area contributed by atoms with Crippen molar-refractivity contribution in [2.75, 3.05) is 0 Å². The van der Waals surface area contributed by atoms with Crippen molar-refractivity contribution >= 4 is 5.57 Å². The molecule has 0 saturated heterocycles. The molecule has 0 aromatic carbocycles. The molecule has 0 fully saturated rings. The zero-order chi connectivity index (χ0) is 10.3. The first kappa shape index (κ1) is 9.00. The molecular weight excluding hydrogens is 174 g/mol. The van der Waals surface area contributed by atoms with E-state index in [1.807, 2.05) is 26.1 Å². The minimum atomic E-state index is 0.698. The van der Waals surface area contributed by atoms with Crippen molar-refractivity contribution in [2.45, 2.75) is 20.8 Å². The van der Waals surface area contributed by atoms with Crippen LogP contribution in [0.15, 0.2) is 24.6 Å². The maximum Gasteiger partial charge on any atom is 0.141 e. The molecule has 14 heavy (non-hydrogen) atoms. The molecule has 1 aromatic rings. The molecule has 2 rings (SSSR count). The number of nitrogens with zero attached hydrogens (tertiary/aromatic N) is 1. The number of rotatable bonds is 0. The maximum absolute atomic E-state index is 5.60. The summed E-state index contributed by atoms with van der Waals surface area (Å²) < 4.78 is 5.60. The van der Waals surface area contributed by atoms with Gasteiger partial charge in [0.05, 0.1) is 0 Å². The number of aryl methyl sites for hydroxylation is 2. The predicted octanol–water partition coefficient (Wildman–Crippen LogP) is 3.01. The van der Waals surface area contributed by atoms with Crippen LogP contribution in [0.25, 0.3) is 5.57 Å². The second-order valence-electron chi connectivity index (χ2n) is 3.63. The first-order chi connectivity index (χ1) is 6.59. The summed E-state index contributed by atoms with van der Waals surface area (Å²) in [5.41, 5.74) is 4.34. The minimum absolute atomic E-state index is 0.698. The van der Waals surface area contributed by atoms with Crippen LogP contribution in [-0.4, -0.2) is 4.98 Å². The minimum Gasteiger partial charge on any atom is -0.457 e. The Morgan fingerprint density at radius 1 is 1.29 bits per heavy atom. The second-order valence-corrected chi connectivity index (χ2v) is 3.63. The van der Waals surface area contributed by atoms with Crippen LogP contribution in [0.4, 0.5) is 0 Å². The summed E-state index contributed by atoms with van der Waals surface area (Å²) in [6.07, 6.45) is 3.77. The van der Waals surface area contributed by atoms with Crippen molar-refractivity contribution in [3.05, 3.63) is 41.4 Å². The Morgan fingerprint density at radius 2 is 2.00 bits per heavy atom. The van der Waals surface area contributed by atoms with Crippen molar-refractivity contribution in [2.24, 2.45) is 0 Å². The van der Waals surface area contributed by atoms with Gasteiger partial charge in [-0.1, -0.05) is 6.58 Å². The third kappa shape index (κ3) is 1.23. The number of fused-ring (bicyclic) bond motifs is 1. The zero-order valence-corrected chi connectivity index (χ0v) is 8.72. The molecule has 2 heteroatoms. The van der Waals surface area contributed by atoms with Gasteiger partial charge in [0.15, 0.2) is 0 Å². The van der Waals surface area contributed by atoms with Crippen LogP contribution in [-0.2, 0) is 0 Å². The van der Waals surface area contributed by atoms with Gasteiger partial charge >= 0.3 is 0 Å². The Hall–Kier alpha value is -1.57. The fourth-order valence-electron chi connectivity index (χ4n) is 1.75. The lowest BCUT2D eigenvalue weighted by Gasteiger charge is -2.20. The van der Waals surface area contributed by atoms with Gasteiger partial charge in [0, 0.05) is 23.0 Å². The van der Waals surface area contributed by atoms with E-state index in [9.17, 15) is 0 Å². The van der Waals surface area contributed by atoms with Gasteiger partial charge in [-0.25, -0.2) is 0 Å². The lowest BCUT2D eigenvalue weighted by molar-refractivity contribution is 0.436. The first-order valence-electron chi connectivity index (χ1n) is 4.61. The van der Waals surface area contributed by atoms with Gasteiger partial charge in [-0.05, 0) is 32.4 Å². The number of aromatic nitrogens is 1. The van der Waals surface area contributed by atoms with Crippen LogP contribution in [0.1, 0.15) is 23.7 Å². The molecule has 0 amide bonds. The molecule has 0 unspecified atom stereocenters. The Labute approximate surface area is 83.9 Å². The van der Waals surface area contributed by atoms with E-state index < -0.39 is 0 Å². The normalized spacial score (nSPS) is 14.5. The van der Waals surface area contributed by atoms with E-state index in [-0.39, 0.29) is 0 Å². The summed E-state index contributed by atoms with van der Waals surface area (Å²) in [5.74, 6) is 1.60. The summed E-state index contributed by atoms with van der Waals surface area (Å²) in [6.45, 7) is 9.86. The molecular formula is C12H13NO. The number of hydrogen-bond acceptors (Lipinski definition) is 2. The average molecular weight is 187 g/mol. The smallest absolute Gasteiger partial charge is 0.141 e. The molecule has 1 aliphatic rings. The van der Waals surface area contributed by atoms with E-state index >= 15 is 0 Å². The molecule has 2 heterocycles. The van der Waals surface area contributed by atoms with Crippen LogP contribution < -0.4 is 4.74 Å². The Kier molecular flexibility index (Phi) is 1.92. The number of allylic oxidation sites excluding steroid dienone is 2. The molecule has 0 atom stereocenters. The molecule has 0 spiro atoms. The van der Waals surface area contributed by atoms with Gasteiger partial charge in [-0.15, -0.1) is 0 Å². The van der Waals surface area contributed by atoms with Crippen LogP contribution >= 0.6 is 0 Å². The topological polar surface area (TPSA) is 22.1 Å². The van der Waals surface area contributed by atoms with Gasteiger partial charge in [0.2, 0.25) is 0 Å². The summed E-state index contributed by atoms with van der Waals surface area (Å²) >= 11 is 0. The number of ether oxygens (including phenoxy) is 1. The molecule has 0 aliphatic carbocycles. The second kappa shape index (κ2) is 2.98. The van der Waals surface area contributed by atoms with Crippen LogP contribution in [0.5, 0.6) is 5.75 Å². The molecule has 0 radical (unpaired) electrons. The highest BCUT2D eigenvalue weighted by molar-refractivity contribution is 5.75. The van der Waals surface area contributed by atoms with Crippen molar-refractivity contribution in [1.82, 2.24) is 4.98 Å². The monoisotopic (exact) mass is 187 g/mol. The van der Waals surface area contributed by atoms with Crippen LogP contribution in [0.2, 0.25) is 0 Å². The molecule has 1 aromatic heterocycles. The largest absolute Gasteiger partial charge is 0.457 e. The van der Waals surface area contributed by atoms with Crippen molar-refractivity contribution < 1.29 is 4.74 Å². The quantitative estimate of drug-likeness (QED) is 0.623. The molecule has 0 bridgehead atoms.